The maximum absolute atomic E-state index is 9.08. The first-order chi connectivity index (χ1) is 8.26. The summed E-state index contributed by atoms with van der Waals surface area (Å²) in [6.45, 7) is 1.91. The molecule has 0 amide bonds. The number of hydrogen-bond acceptors (Lipinski definition) is 3. The summed E-state index contributed by atoms with van der Waals surface area (Å²) in [6, 6.07) is 6.82. The summed E-state index contributed by atoms with van der Waals surface area (Å²) in [7, 11) is 0. The van der Waals surface area contributed by atoms with Crippen LogP contribution in [0.3, 0.4) is 0 Å². The molecular formula is C13H19BrN2O. The van der Waals surface area contributed by atoms with Gasteiger partial charge in [0, 0.05) is 35.9 Å². The molecule has 3 nitrogen and oxygen atoms in total. The van der Waals surface area contributed by atoms with Gasteiger partial charge in [-0.2, -0.15) is 0 Å². The Kier molecular flexibility index (Phi) is 4.42. The predicted octanol–water partition coefficient (Wildman–Crippen LogP) is 2.26. The average Bonchev–Trinajstić information content (AvgIpc) is 2.78. The standard InChI is InChI=1S/C13H19BrN2O/c14-13-8-12(4-3-10(13)9-15)16-6-1-2-11(16)5-7-17/h3-4,8,11,17H,1-2,5-7,9,15H2. The molecule has 1 aromatic carbocycles. The molecule has 17 heavy (non-hydrogen) atoms. The maximum atomic E-state index is 9.08. The number of hydrogen-bond donors (Lipinski definition) is 2. The lowest BCUT2D eigenvalue weighted by molar-refractivity contribution is 0.276. The van der Waals surface area contributed by atoms with E-state index < -0.39 is 0 Å². The number of benzene rings is 1. The molecule has 1 aliphatic rings. The lowest BCUT2D eigenvalue weighted by atomic mass is 10.1. The minimum atomic E-state index is 0.267. The molecule has 4 heteroatoms. The molecule has 0 spiro atoms. The summed E-state index contributed by atoms with van der Waals surface area (Å²) in [4.78, 5) is 2.39. The van der Waals surface area contributed by atoms with Crippen molar-refractivity contribution in [3.05, 3.63) is 28.2 Å². The van der Waals surface area contributed by atoms with E-state index in [2.05, 4.69) is 39.0 Å². The number of rotatable bonds is 4. The normalized spacial score (nSPS) is 19.9. The summed E-state index contributed by atoms with van der Waals surface area (Å²) in [5.74, 6) is 0. The van der Waals surface area contributed by atoms with Crippen molar-refractivity contribution >= 4 is 21.6 Å². The molecule has 1 aromatic rings. The van der Waals surface area contributed by atoms with Gasteiger partial charge in [0.05, 0.1) is 0 Å². The predicted molar refractivity (Wildman–Crippen MR) is 74.1 cm³/mol. The summed E-state index contributed by atoms with van der Waals surface area (Å²) in [5, 5.41) is 9.08. The van der Waals surface area contributed by atoms with Crippen molar-refractivity contribution < 1.29 is 5.11 Å². The second-order valence-electron chi connectivity index (χ2n) is 4.48. The van der Waals surface area contributed by atoms with Crippen molar-refractivity contribution in [3.8, 4) is 0 Å². The van der Waals surface area contributed by atoms with Crippen LogP contribution < -0.4 is 10.6 Å². The molecule has 1 unspecified atom stereocenters. The highest BCUT2D eigenvalue weighted by molar-refractivity contribution is 9.10. The summed E-state index contributed by atoms with van der Waals surface area (Å²) in [6.07, 6.45) is 3.24. The van der Waals surface area contributed by atoms with Gasteiger partial charge in [0.15, 0.2) is 0 Å². The summed E-state index contributed by atoms with van der Waals surface area (Å²) < 4.78 is 1.08. The molecule has 0 bridgehead atoms. The van der Waals surface area contributed by atoms with Crippen molar-refractivity contribution in [2.45, 2.75) is 31.8 Å². The Balaban J connectivity index is 2.18. The van der Waals surface area contributed by atoms with Crippen LogP contribution in [-0.4, -0.2) is 24.3 Å². The van der Waals surface area contributed by atoms with Crippen molar-refractivity contribution in [3.63, 3.8) is 0 Å². The van der Waals surface area contributed by atoms with E-state index in [4.69, 9.17) is 10.8 Å². The zero-order valence-corrected chi connectivity index (χ0v) is 11.5. The van der Waals surface area contributed by atoms with E-state index in [0.29, 0.717) is 12.6 Å². The van der Waals surface area contributed by atoms with E-state index in [1.165, 1.54) is 18.5 Å². The van der Waals surface area contributed by atoms with Crippen LogP contribution in [0.2, 0.25) is 0 Å². The Morgan fingerprint density at radius 3 is 2.94 bits per heavy atom. The van der Waals surface area contributed by atoms with Crippen molar-refractivity contribution in [2.24, 2.45) is 5.73 Å². The molecule has 0 radical (unpaired) electrons. The smallest absolute Gasteiger partial charge is 0.0450 e. The molecule has 0 aromatic heterocycles. The lowest BCUT2D eigenvalue weighted by Crippen LogP contribution is -2.29. The fourth-order valence-electron chi connectivity index (χ4n) is 2.51. The highest BCUT2D eigenvalue weighted by Crippen LogP contribution is 2.30. The first kappa shape index (κ1) is 12.9. The van der Waals surface area contributed by atoms with Gasteiger partial charge in [0.2, 0.25) is 0 Å². The van der Waals surface area contributed by atoms with Gasteiger partial charge in [-0.1, -0.05) is 22.0 Å². The van der Waals surface area contributed by atoms with Gasteiger partial charge in [-0.3, -0.25) is 0 Å². The molecule has 0 saturated carbocycles. The SMILES string of the molecule is NCc1ccc(N2CCCC2CCO)cc1Br. The molecule has 0 aliphatic carbocycles. The topological polar surface area (TPSA) is 49.5 Å². The number of aliphatic hydroxyl groups is 1. The Morgan fingerprint density at radius 1 is 1.47 bits per heavy atom. The summed E-state index contributed by atoms with van der Waals surface area (Å²) in [5.41, 5.74) is 8.01. The molecular weight excluding hydrogens is 280 g/mol. The Hall–Kier alpha value is -0.580. The van der Waals surface area contributed by atoms with Gasteiger partial charge in [-0.05, 0) is 37.0 Å². The Labute approximate surface area is 111 Å². The van der Waals surface area contributed by atoms with Gasteiger partial charge in [0.1, 0.15) is 0 Å². The highest BCUT2D eigenvalue weighted by atomic mass is 79.9. The van der Waals surface area contributed by atoms with E-state index >= 15 is 0 Å². The van der Waals surface area contributed by atoms with Gasteiger partial charge in [0.25, 0.3) is 0 Å². The van der Waals surface area contributed by atoms with Gasteiger partial charge in [-0.15, -0.1) is 0 Å². The van der Waals surface area contributed by atoms with Gasteiger partial charge >= 0.3 is 0 Å². The molecule has 1 fully saturated rings. The zero-order valence-electron chi connectivity index (χ0n) is 9.90. The minimum absolute atomic E-state index is 0.267. The van der Waals surface area contributed by atoms with Crippen LogP contribution in [0.25, 0.3) is 0 Å². The second kappa shape index (κ2) is 5.85. The van der Waals surface area contributed by atoms with E-state index in [1.807, 2.05) is 0 Å². The van der Waals surface area contributed by atoms with Crippen LogP contribution in [0, 0.1) is 0 Å². The molecule has 2 rings (SSSR count). The monoisotopic (exact) mass is 298 g/mol. The number of nitrogens with two attached hydrogens (primary N) is 1. The third-order valence-corrected chi connectivity index (χ3v) is 4.17. The molecule has 1 aliphatic heterocycles. The number of nitrogens with zero attached hydrogens (tertiary/aromatic N) is 1. The largest absolute Gasteiger partial charge is 0.396 e. The zero-order chi connectivity index (χ0) is 12.3. The molecule has 1 heterocycles. The Morgan fingerprint density at radius 2 is 2.29 bits per heavy atom. The van der Waals surface area contributed by atoms with E-state index in [9.17, 15) is 0 Å². The van der Waals surface area contributed by atoms with Crippen LogP contribution in [0.1, 0.15) is 24.8 Å². The molecule has 1 atom stereocenters. The Bertz CT molecular complexity index is 384. The van der Waals surface area contributed by atoms with E-state index in [0.717, 1.165) is 23.0 Å². The maximum Gasteiger partial charge on any atom is 0.0450 e. The van der Waals surface area contributed by atoms with Gasteiger partial charge < -0.3 is 15.7 Å². The van der Waals surface area contributed by atoms with Crippen molar-refractivity contribution in [2.75, 3.05) is 18.1 Å². The summed E-state index contributed by atoms with van der Waals surface area (Å²) >= 11 is 3.56. The van der Waals surface area contributed by atoms with Crippen LogP contribution >= 0.6 is 15.9 Å². The van der Waals surface area contributed by atoms with Crippen LogP contribution in [-0.2, 0) is 6.54 Å². The molecule has 94 valence electrons. The number of anilines is 1. The number of aliphatic hydroxyl groups excluding tert-OH is 1. The third kappa shape index (κ3) is 2.81. The second-order valence-corrected chi connectivity index (χ2v) is 5.34. The highest BCUT2D eigenvalue weighted by Gasteiger charge is 2.24. The lowest BCUT2D eigenvalue weighted by Gasteiger charge is -2.27. The molecule has 3 N–H and O–H groups in total. The molecule has 1 saturated heterocycles. The quantitative estimate of drug-likeness (QED) is 0.896. The fourth-order valence-corrected chi connectivity index (χ4v) is 3.03. The average molecular weight is 299 g/mol. The van der Waals surface area contributed by atoms with Gasteiger partial charge in [-0.25, -0.2) is 0 Å². The first-order valence-electron chi connectivity index (χ1n) is 6.12. The number of halogens is 1. The van der Waals surface area contributed by atoms with Crippen LogP contribution in [0.4, 0.5) is 5.69 Å². The first-order valence-corrected chi connectivity index (χ1v) is 6.91. The van der Waals surface area contributed by atoms with Crippen molar-refractivity contribution in [1.82, 2.24) is 0 Å². The van der Waals surface area contributed by atoms with E-state index in [-0.39, 0.29) is 6.61 Å². The third-order valence-electron chi connectivity index (χ3n) is 3.43. The fraction of sp³-hybridized carbons (Fsp3) is 0.538. The van der Waals surface area contributed by atoms with Crippen LogP contribution in [0.15, 0.2) is 22.7 Å². The minimum Gasteiger partial charge on any atom is -0.396 e. The van der Waals surface area contributed by atoms with Crippen LogP contribution in [0.5, 0.6) is 0 Å². The van der Waals surface area contributed by atoms with E-state index in [1.54, 1.807) is 0 Å². The van der Waals surface area contributed by atoms with Crippen molar-refractivity contribution in [1.29, 1.82) is 0 Å².